The summed E-state index contributed by atoms with van der Waals surface area (Å²) in [6, 6.07) is 2.35. The zero-order valence-electron chi connectivity index (χ0n) is 23.7. The molecule has 0 aliphatic heterocycles. The SMILES string of the molecule is Cn1nc(-c2cnc(Nc3nc(-c4cnn(S(=O)(=O)C5CC5)c4)ncc3F)cc2NC2CCC(C)(O)CC2)cc1C(F)(F)F. The average Bonchev–Trinajstić information content (AvgIpc) is 3.57. The van der Waals surface area contributed by atoms with Crippen LogP contribution in [0, 0.1) is 5.82 Å². The minimum atomic E-state index is -4.61. The standard InChI is InChI=1S/C27H29F4N9O3S/c1-26(41)7-5-16(6-8-26)35-20-10-23(32-12-18(20)21-9-22(27(29,30)31)39(2)38-21)36-25-19(28)13-33-24(37-25)15-11-34-40(14-15)44(42,43)17-3-4-17/h9-14,16-17,41H,3-8H2,1-2H3,(H2,32,33,35,36,37). The Hall–Kier alpha value is -4.12. The van der Waals surface area contributed by atoms with E-state index < -0.39 is 38.6 Å². The van der Waals surface area contributed by atoms with Crippen LogP contribution in [0.15, 0.2) is 36.9 Å². The second-order valence-electron chi connectivity index (χ2n) is 11.4. The fourth-order valence-electron chi connectivity index (χ4n) is 5.11. The Labute approximate surface area is 249 Å². The molecule has 0 amide bonds. The molecular weight excluding hydrogens is 606 g/mol. The Morgan fingerprint density at radius 2 is 1.80 bits per heavy atom. The average molecular weight is 636 g/mol. The summed E-state index contributed by atoms with van der Waals surface area (Å²) >= 11 is 0. The molecule has 0 spiro atoms. The van der Waals surface area contributed by atoms with Crippen molar-refractivity contribution in [2.24, 2.45) is 7.05 Å². The maximum absolute atomic E-state index is 14.8. The number of nitrogens with zero attached hydrogens (tertiary/aromatic N) is 7. The Morgan fingerprint density at radius 3 is 2.45 bits per heavy atom. The lowest BCUT2D eigenvalue weighted by Gasteiger charge is -2.34. The van der Waals surface area contributed by atoms with E-state index in [0.29, 0.717) is 49.8 Å². The molecule has 0 unspecified atom stereocenters. The number of halogens is 4. The number of hydrogen-bond acceptors (Lipinski definition) is 10. The predicted molar refractivity (Wildman–Crippen MR) is 152 cm³/mol. The van der Waals surface area contributed by atoms with Crippen molar-refractivity contribution in [2.45, 2.75) is 68.5 Å². The Morgan fingerprint density at radius 1 is 1.07 bits per heavy atom. The summed E-state index contributed by atoms with van der Waals surface area (Å²) in [5.74, 6) is -0.934. The van der Waals surface area contributed by atoms with Gasteiger partial charge in [-0.3, -0.25) is 4.68 Å². The van der Waals surface area contributed by atoms with Crippen LogP contribution in [0.5, 0.6) is 0 Å². The van der Waals surface area contributed by atoms with Gasteiger partial charge in [0.25, 0.3) is 10.0 Å². The van der Waals surface area contributed by atoms with E-state index in [1.54, 1.807) is 6.92 Å². The van der Waals surface area contributed by atoms with Crippen molar-refractivity contribution in [3.8, 4) is 22.6 Å². The van der Waals surface area contributed by atoms with Crippen LogP contribution in [0.3, 0.4) is 0 Å². The first-order valence-electron chi connectivity index (χ1n) is 13.9. The molecule has 12 nitrogen and oxygen atoms in total. The van der Waals surface area contributed by atoms with Gasteiger partial charge in [0.05, 0.1) is 40.7 Å². The summed E-state index contributed by atoms with van der Waals surface area (Å²) in [5, 5.41) is 24.0. The molecule has 44 heavy (non-hydrogen) atoms. The molecular formula is C27H29F4N9O3S. The smallest absolute Gasteiger partial charge is 0.390 e. The van der Waals surface area contributed by atoms with Gasteiger partial charge in [0.1, 0.15) is 11.5 Å². The molecule has 234 valence electrons. The highest BCUT2D eigenvalue weighted by molar-refractivity contribution is 7.90. The van der Waals surface area contributed by atoms with Crippen molar-refractivity contribution in [1.82, 2.24) is 33.9 Å². The molecule has 2 fully saturated rings. The van der Waals surface area contributed by atoms with Crippen molar-refractivity contribution in [3.05, 3.63) is 48.4 Å². The fraction of sp³-hybridized carbons (Fsp3) is 0.444. The molecule has 3 N–H and O–H groups in total. The first-order chi connectivity index (χ1) is 20.7. The van der Waals surface area contributed by atoms with E-state index in [1.807, 2.05) is 0 Å². The zero-order chi connectivity index (χ0) is 31.4. The van der Waals surface area contributed by atoms with Crippen LogP contribution in [-0.4, -0.2) is 64.3 Å². The highest BCUT2D eigenvalue weighted by Crippen LogP contribution is 2.37. The Bertz CT molecular complexity index is 1810. The van der Waals surface area contributed by atoms with Crippen molar-refractivity contribution in [2.75, 3.05) is 10.6 Å². The number of alkyl halides is 3. The van der Waals surface area contributed by atoms with Gasteiger partial charge in [-0.15, -0.1) is 0 Å². The second kappa shape index (κ2) is 10.8. The lowest BCUT2D eigenvalue weighted by atomic mass is 9.83. The molecule has 2 saturated carbocycles. The molecule has 2 aliphatic carbocycles. The molecule has 4 heterocycles. The monoisotopic (exact) mass is 635 g/mol. The molecule has 0 radical (unpaired) electrons. The predicted octanol–water partition coefficient (Wildman–Crippen LogP) is 4.48. The number of aromatic nitrogens is 7. The van der Waals surface area contributed by atoms with Gasteiger partial charge >= 0.3 is 6.18 Å². The van der Waals surface area contributed by atoms with Gasteiger partial charge in [-0.1, -0.05) is 0 Å². The minimum absolute atomic E-state index is 0.0172. The second-order valence-corrected chi connectivity index (χ2v) is 13.5. The highest BCUT2D eigenvalue weighted by Gasteiger charge is 2.38. The van der Waals surface area contributed by atoms with Crippen LogP contribution < -0.4 is 10.6 Å². The Kier molecular flexibility index (Phi) is 7.34. The number of aryl methyl sites for hydroxylation is 1. The third-order valence-corrected chi connectivity index (χ3v) is 9.82. The van der Waals surface area contributed by atoms with E-state index in [9.17, 15) is 31.1 Å². The van der Waals surface area contributed by atoms with Gasteiger partial charge in [-0.25, -0.2) is 27.8 Å². The van der Waals surface area contributed by atoms with Gasteiger partial charge in [0.15, 0.2) is 17.5 Å². The van der Waals surface area contributed by atoms with E-state index >= 15 is 0 Å². The molecule has 17 heteroatoms. The van der Waals surface area contributed by atoms with Gasteiger partial charge < -0.3 is 15.7 Å². The molecule has 0 bridgehead atoms. The van der Waals surface area contributed by atoms with Crippen LogP contribution in [0.4, 0.5) is 34.9 Å². The quantitative estimate of drug-likeness (QED) is 0.236. The lowest BCUT2D eigenvalue weighted by molar-refractivity contribution is -0.143. The number of hydrogen-bond donors (Lipinski definition) is 3. The fourth-order valence-corrected chi connectivity index (χ4v) is 6.58. The summed E-state index contributed by atoms with van der Waals surface area (Å²) < 4.78 is 82.0. The van der Waals surface area contributed by atoms with Crippen molar-refractivity contribution in [3.63, 3.8) is 0 Å². The number of pyridine rings is 1. The van der Waals surface area contributed by atoms with E-state index in [0.717, 1.165) is 21.0 Å². The third kappa shape index (κ3) is 6.10. The van der Waals surface area contributed by atoms with Gasteiger partial charge in [0, 0.05) is 36.6 Å². The zero-order valence-corrected chi connectivity index (χ0v) is 24.5. The Balaban J connectivity index is 1.31. The van der Waals surface area contributed by atoms with E-state index in [4.69, 9.17) is 0 Å². The molecule has 0 atom stereocenters. The maximum Gasteiger partial charge on any atom is 0.433 e. The summed E-state index contributed by atoms with van der Waals surface area (Å²) in [5.41, 5.74) is -0.730. The van der Waals surface area contributed by atoms with Crippen molar-refractivity contribution < 1.29 is 31.1 Å². The van der Waals surface area contributed by atoms with Gasteiger partial charge in [0.2, 0.25) is 0 Å². The normalized spacial score (nSPS) is 20.9. The van der Waals surface area contributed by atoms with Crippen LogP contribution in [0.2, 0.25) is 0 Å². The topological polar surface area (TPSA) is 153 Å². The molecule has 4 aromatic rings. The van der Waals surface area contributed by atoms with Crippen LogP contribution in [-0.2, 0) is 23.2 Å². The maximum atomic E-state index is 14.8. The van der Waals surface area contributed by atoms with E-state index in [1.165, 1.54) is 31.7 Å². The molecule has 0 saturated heterocycles. The first kappa shape index (κ1) is 29.9. The largest absolute Gasteiger partial charge is 0.433 e. The lowest BCUT2D eigenvalue weighted by Crippen LogP contribution is -2.35. The van der Waals surface area contributed by atoms with Gasteiger partial charge in [-0.05, 0) is 51.5 Å². The molecule has 2 aliphatic rings. The van der Waals surface area contributed by atoms with Crippen LogP contribution >= 0.6 is 0 Å². The van der Waals surface area contributed by atoms with E-state index in [2.05, 4.69) is 35.8 Å². The van der Waals surface area contributed by atoms with Gasteiger partial charge in [-0.2, -0.15) is 27.5 Å². The number of aliphatic hydroxyl groups is 1. The summed E-state index contributed by atoms with van der Waals surface area (Å²) in [6.07, 6.45) is 3.60. The number of rotatable bonds is 8. The molecule has 6 rings (SSSR count). The van der Waals surface area contributed by atoms with Crippen LogP contribution in [0.1, 0.15) is 51.1 Å². The van der Waals surface area contributed by atoms with Crippen molar-refractivity contribution >= 4 is 27.3 Å². The highest BCUT2D eigenvalue weighted by atomic mass is 32.2. The number of anilines is 3. The third-order valence-electron chi connectivity index (χ3n) is 7.79. The van der Waals surface area contributed by atoms with Crippen molar-refractivity contribution in [1.29, 1.82) is 0 Å². The van der Waals surface area contributed by atoms with Crippen LogP contribution in [0.25, 0.3) is 22.6 Å². The summed E-state index contributed by atoms with van der Waals surface area (Å²) in [7, 11) is -2.42. The van der Waals surface area contributed by atoms with E-state index in [-0.39, 0.29) is 34.8 Å². The summed E-state index contributed by atoms with van der Waals surface area (Å²) in [4.78, 5) is 12.5. The number of nitrogens with one attached hydrogen (secondary N) is 2. The molecule has 0 aromatic carbocycles. The summed E-state index contributed by atoms with van der Waals surface area (Å²) in [6.45, 7) is 1.76. The minimum Gasteiger partial charge on any atom is -0.390 e. The first-order valence-corrected chi connectivity index (χ1v) is 15.4. The molecule has 4 aromatic heterocycles.